The third kappa shape index (κ3) is 2.94. The summed E-state index contributed by atoms with van der Waals surface area (Å²) < 4.78 is 7.55. The number of anilines is 1. The molecule has 3 aromatic heterocycles. The average Bonchev–Trinajstić information content (AvgIpc) is 3.19. The second-order valence-electron chi connectivity index (χ2n) is 7.02. The molecule has 0 spiro atoms. The molecule has 5 heterocycles. The lowest BCUT2D eigenvalue weighted by Crippen LogP contribution is -2.41. The van der Waals surface area contributed by atoms with Crippen LogP contribution in [0.25, 0.3) is 17.1 Å². The van der Waals surface area contributed by atoms with Crippen molar-refractivity contribution in [1.82, 2.24) is 25.1 Å². The zero-order valence-electron chi connectivity index (χ0n) is 15.3. The highest BCUT2D eigenvalue weighted by Gasteiger charge is 2.22. The van der Waals surface area contributed by atoms with E-state index in [1.165, 1.54) is 5.69 Å². The first-order valence-electron chi connectivity index (χ1n) is 9.37. The highest BCUT2D eigenvalue weighted by atomic mass is 16.5. The molecule has 3 aromatic rings. The van der Waals surface area contributed by atoms with Crippen molar-refractivity contribution in [2.24, 2.45) is 0 Å². The lowest BCUT2D eigenvalue weighted by molar-refractivity contribution is 0.290. The molecule has 1 saturated heterocycles. The second kappa shape index (κ2) is 6.66. The van der Waals surface area contributed by atoms with E-state index in [1.54, 1.807) is 6.20 Å². The van der Waals surface area contributed by atoms with Gasteiger partial charge in [0, 0.05) is 37.1 Å². The number of rotatable bonds is 3. The fourth-order valence-electron chi connectivity index (χ4n) is 3.82. The lowest BCUT2D eigenvalue weighted by atomic mass is 10.1. The van der Waals surface area contributed by atoms with E-state index in [-0.39, 0.29) is 0 Å². The zero-order chi connectivity index (χ0) is 18.2. The number of hydrogen-bond acceptors (Lipinski definition) is 6. The van der Waals surface area contributed by atoms with Gasteiger partial charge in [0.05, 0.1) is 17.4 Å². The van der Waals surface area contributed by atoms with E-state index in [0.29, 0.717) is 18.5 Å². The quantitative estimate of drug-likeness (QED) is 0.772. The van der Waals surface area contributed by atoms with Gasteiger partial charge in [-0.3, -0.25) is 0 Å². The third-order valence-corrected chi connectivity index (χ3v) is 5.42. The number of piperidine rings is 1. The van der Waals surface area contributed by atoms with E-state index in [1.807, 2.05) is 42.3 Å². The first-order chi connectivity index (χ1) is 13.3. The Kier molecular flexibility index (Phi) is 4.01. The maximum atomic E-state index is 5.72. The highest BCUT2D eigenvalue weighted by Crippen LogP contribution is 2.34. The first-order valence-corrected chi connectivity index (χ1v) is 9.37. The zero-order valence-corrected chi connectivity index (χ0v) is 15.3. The van der Waals surface area contributed by atoms with Crippen molar-refractivity contribution in [2.45, 2.75) is 25.5 Å². The lowest BCUT2D eigenvalue weighted by Gasteiger charge is -2.33. The van der Waals surface area contributed by atoms with E-state index >= 15 is 0 Å². The molecule has 7 nitrogen and oxygen atoms in total. The Hall–Kier alpha value is -2.93. The van der Waals surface area contributed by atoms with Gasteiger partial charge in [-0.05, 0) is 44.2 Å². The molecule has 0 amide bonds. The molecular weight excluding hydrogens is 340 g/mol. The van der Waals surface area contributed by atoms with E-state index in [2.05, 4.69) is 26.3 Å². The van der Waals surface area contributed by atoms with Crippen LogP contribution < -0.4 is 15.0 Å². The van der Waals surface area contributed by atoms with Crippen LogP contribution in [-0.2, 0) is 6.61 Å². The fraction of sp³-hybridized carbons (Fsp3) is 0.350. The Morgan fingerprint density at radius 2 is 2.04 bits per heavy atom. The van der Waals surface area contributed by atoms with Crippen LogP contribution in [-0.4, -0.2) is 45.9 Å². The van der Waals surface area contributed by atoms with Gasteiger partial charge in [0.1, 0.15) is 12.3 Å². The van der Waals surface area contributed by atoms with Gasteiger partial charge in [-0.2, -0.15) is 5.10 Å². The molecule has 0 aliphatic carbocycles. The summed E-state index contributed by atoms with van der Waals surface area (Å²) in [5, 5.41) is 8.11. The molecule has 7 heteroatoms. The minimum absolute atomic E-state index is 0.484. The molecule has 0 unspecified atom stereocenters. The topological polar surface area (TPSA) is 68.1 Å². The maximum Gasteiger partial charge on any atom is 0.223 e. The standard InChI is InChI=1S/C20H22N6O/c1-21-15-6-9-25(10-7-15)16-4-5-18(23-11-16)26-12-14-13-27-20-17(19(14)24-26)3-2-8-22-20/h2-5,8,11-12,15,21H,6-7,9-10,13H2,1H3. The monoisotopic (exact) mass is 362 g/mol. The Balaban J connectivity index is 1.38. The number of pyridine rings is 2. The van der Waals surface area contributed by atoms with Crippen molar-refractivity contribution in [3.8, 4) is 23.0 Å². The fourth-order valence-corrected chi connectivity index (χ4v) is 3.82. The van der Waals surface area contributed by atoms with Crippen LogP contribution in [0.5, 0.6) is 5.88 Å². The van der Waals surface area contributed by atoms with Gasteiger partial charge in [0.2, 0.25) is 5.88 Å². The summed E-state index contributed by atoms with van der Waals surface area (Å²) in [6.07, 6.45) is 8.00. The number of fused-ring (bicyclic) bond motifs is 3. The van der Waals surface area contributed by atoms with Crippen molar-refractivity contribution in [3.63, 3.8) is 0 Å². The average molecular weight is 362 g/mol. The second-order valence-corrected chi connectivity index (χ2v) is 7.02. The van der Waals surface area contributed by atoms with Crippen molar-refractivity contribution < 1.29 is 4.74 Å². The van der Waals surface area contributed by atoms with Gasteiger partial charge < -0.3 is 15.0 Å². The molecule has 0 aromatic carbocycles. The Morgan fingerprint density at radius 3 is 2.81 bits per heavy atom. The van der Waals surface area contributed by atoms with E-state index in [9.17, 15) is 0 Å². The number of nitrogens with one attached hydrogen (secondary N) is 1. The van der Waals surface area contributed by atoms with Crippen LogP contribution in [0.15, 0.2) is 42.9 Å². The normalized spacial score (nSPS) is 16.6. The van der Waals surface area contributed by atoms with Gasteiger partial charge in [-0.1, -0.05) is 0 Å². The maximum absolute atomic E-state index is 5.72. The third-order valence-electron chi connectivity index (χ3n) is 5.42. The molecule has 0 saturated carbocycles. The number of aromatic nitrogens is 4. The van der Waals surface area contributed by atoms with Gasteiger partial charge in [0.15, 0.2) is 5.82 Å². The minimum Gasteiger partial charge on any atom is -0.472 e. The van der Waals surface area contributed by atoms with Gasteiger partial charge in [-0.25, -0.2) is 14.6 Å². The van der Waals surface area contributed by atoms with Gasteiger partial charge in [0.25, 0.3) is 0 Å². The number of ether oxygens (including phenoxy) is 1. The summed E-state index contributed by atoms with van der Waals surface area (Å²) >= 11 is 0. The molecule has 5 rings (SSSR count). The van der Waals surface area contributed by atoms with Crippen molar-refractivity contribution in [2.75, 3.05) is 25.0 Å². The molecule has 0 atom stereocenters. The molecular formula is C20H22N6O. The first kappa shape index (κ1) is 16.3. The molecule has 2 aliphatic rings. The molecule has 0 radical (unpaired) electrons. The summed E-state index contributed by atoms with van der Waals surface area (Å²) in [6, 6.07) is 8.68. The summed E-state index contributed by atoms with van der Waals surface area (Å²) in [4.78, 5) is 11.3. The predicted molar refractivity (Wildman–Crippen MR) is 103 cm³/mol. The molecule has 1 N–H and O–H groups in total. The van der Waals surface area contributed by atoms with Gasteiger partial charge in [-0.15, -0.1) is 0 Å². The van der Waals surface area contributed by atoms with Crippen molar-refractivity contribution in [1.29, 1.82) is 0 Å². The smallest absolute Gasteiger partial charge is 0.223 e. The minimum atomic E-state index is 0.484. The van der Waals surface area contributed by atoms with Crippen LogP contribution in [0.2, 0.25) is 0 Å². The molecule has 27 heavy (non-hydrogen) atoms. The Bertz CT molecular complexity index is 943. The number of hydrogen-bond donors (Lipinski definition) is 1. The van der Waals surface area contributed by atoms with Crippen LogP contribution in [0.3, 0.4) is 0 Å². The van der Waals surface area contributed by atoms with Gasteiger partial charge >= 0.3 is 0 Å². The van der Waals surface area contributed by atoms with Crippen molar-refractivity contribution >= 4 is 5.69 Å². The molecule has 1 fully saturated rings. The summed E-state index contributed by atoms with van der Waals surface area (Å²) in [5.41, 5.74) is 4.07. The molecule has 0 bridgehead atoms. The molecule has 138 valence electrons. The van der Waals surface area contributed by atoms with Crippen LogP contribution >= 0.6 is 0 Å². The van der Waals surface area contributed by atoms with Crippen LogP contribution in [0.1, 0.15) is 18.4 Å². The van der Waals surface area contributed by atoms with Crippen molar-refractivity contribution in [3.05, 3.63) is 48.4 Å². The number of nitrogens with zero attached hydrogens (tertiary/aromatic N) is 5. The summed E-state index contributed by atoms with van der Waals surface area (Å²) in [7, 11) is 2.04. The Labute approximate surface area is 158 Å². The largest absolute Gasteiger partial charge is 0.472 e. The van der Waals surface area contributed by atoms with E-state index in [0.717, 1.165) is 48.6 Å². The van der Waals surface area contributed by atoms with Crippen LogP contribution in [0, 0.1) is 0 Å². The predicted octanol–water partition coefficient (Wildman–Crippen LogP) is 2.41. The SMILES string of the molecule is CNC1CCN(c2ccc(-n3cc4c(n3)-c3cccnc3OC4)nc2)CC1. The summed E-state index contributed by atoms with van der Waals surface area (Å²) in [5.74, 6) is 1.45. The Morgan fingerprint density at radius 1 is 1.15 bits per heavy atom. The van der Waals surface area contributed by atoms with E-state index < -0.39 is 0 Å². The summed E-state index contributed by atoms with van der Waals surface area (Å²) in [6.45, 7) is 2.60. The van der Waals surface area contributed by atoms with E-state index in [4.69, 9.17) is 9.84 Å². The van der Waals surface area contributed by atoms with Crippen LogP contribution in [0.4, 0.5) is 5.69 Å². The molecule has 2 aliphatic heterocycles. The highest BCUT2D eigenvalue weighted by molar-refractivity contribution is 5.69.